The first-order chi connectivity index (χ1) is 20.4. The number of nitrogens with zero attached hydrogens (tertiary/aromatic N) is 3. The van der Waals surface area contributed by atoms with Gasteiger partial charge in [0.05, 0.1) is 36.2 Å². The highest BCUT2D eigenvalue weighted by Gasteiger charge is 2.47. The number of fused-ring (bicyclic) bond motifs is 1. The van der Waals surface area contributed by atoms with Crippen molar-refractivity contribution in [1.29, 1.82) is 0 Å². The van der Waals surface area contributed by atoms with Crippen LogP contribution >= 0.6 is 0 Å². The molecule has 2 aliphatic rings. The van der Waals surface area contributed by atoms with Gasteiger partial charge in [-0.1, -0.05) is 0 Å². The van der Waals surface area contributed by atoms with Gasteiger partial charge in [0.25, 0.3) is 5.91 Å². The van der Waals surface area contributed by atoms with Gasteiger partial charge in [-0.05, 0) is 82.3 Å². The van der Waals surface area contributed by atoms with Crippen molar-refractivity contribution < 1.29 is 32.5 Å². The van der Waals surface area contributed by atoms with E-state index < -0.39 is 34.4 Å². The highest BCUT2D eigenvalue weighted by molar-refractivity contribution is 5.95. The van der Waals surface area contributed by atoms with Gasteiger partial charge in [-0.3, -0.25) is 4.79 Å². The van der Waals surface area contributed by atoms with E-state index in [1.54, 1.807) is 22.9 Å². The van der Waals surface area contributed by atoms with Crippen LogP contribution < -0.4 is 10.1 Å². The molecule has 4 heterocycles. The molecule has 1 atom stereocenters. The maximum Gasteiger partial charge on any atom is 0.253 e. The molecule has 1 aliphatic heterocycles. The molecule has 4 aromatic rings. The van der Waals surface area contributed by atoms with Crippen molar-refractivity contribution in [3.63, 3.8) is 0 Å². The van der Waals surface area contributed by atoms with Crippen LogP contribution in [0.15, 0.2) is 48.8 Å². The molecular weight excluding hydrogens is 561 g/mol. The summed E-state index contributed by atoms with van der Waals surface area (Å²) in [5.41, 5.74) is -2.53. The summed E-state index contributed by atoms with van der Waals surface area (Å²) < 4.78 is 57.5. The molecule has 226 valence electrons. The van der Waals surface area contributed by atoms with Crippen molar-refractivity contribution >= 4 is 11.6 Å². The topological polar surface area (TPSA) is 98.0 Å². The number of hydrogen-bond acceptors (Lipinski definition) is 6. The Morgan fingerprint density at radius 3 is 2.47 bits per heavy atom. The Hall–Kier alpha value is -3.96. The van der Waals surface area contributed by atoms with E-state index in [4.69, 9.17) is 9.47 Å². The monoisotopic (exact) mass is 594 g/mol. The molecule has 0 radical (unpaired) electrons. The third kappa shape index (κ3) is 5.47. The number of ether oxygens (including phenoxy) is 2. The molecule has 2 N–H and O–H groups in total. The van der Waals surface area contributed by atoms with Gasteiger partial charge in [0.15, 0.2) is 22.9 Å². The van der Waals surface area contributed by atoms with E-state index in [-0.39, 0.29) is 23.4 Å². The predicted molar refractivity (Wildman–Crippen MR) is 152 cm³/mol. The number of imidazole rings is 1. The molecule has 1 amide bonds. The molecule has 1 saturated heterocycles. The van der Waals surface area contributed by atoms with Gasteiger partial charge in [-0.15, -0.1) is 0 Å². The van der Waals surface area contributed by atoms with Gasteiger partial charge in [0, 0.05) is 30.1 Å². The lowest BCUT2D eigenvalue weighted by atomic mass is 9.86. The van der Waals surface area contributed by atoms with Crippen molar-refractivity contribution in [2.75, 3.05) is 20.3 Å². The maximum atomic E-state index is 15.8. The summed E-state index contributed by atoms with van der Waals surface area (Å²) in [5, 5.41) is 13.8. The third-order valence-electron chi connectivity index (χ3n) is 8.24. The van der Waals surface area contributed by atoms with Crippen molar-refractivity contribution in [1.82, 2.24) is 19.7 Å². The fraction of sp³-hybridized carbons (Fsp3) is 0.406. The van der Waals surface area contributed by atoms with Crippen LogP contribution in [0.4, 0.5) is 13.2 Å². The summed E-state index contributed by atoms with van der Waals surface area (Å²) >= 11 is 0. The average molecular weight is 595 g/mol. The smallest absolute Gasteiger partial charge is 0.253 e. The summed E-state index contributed by atoms with van der Waals surface area (Å²) in [6, 6.07) is 8.30. The Morgan fingerprint density at radius 2 is 1.84 bits per heavy atom. The van der Waals surface area contributed by atoms with Gasteiger partial charge >= 0.3 is 0 Å². The van der Waals surface area contributed by atoms with Crippen LogP contribution in [-0.4, -0.2) is 45.6 Å². The number of methoxy groups -OCH3 is 1. The third-order valence-corrected chi connectivity index (χ3v) is 8.24. The second-order valence-electron chi connectivity index (χ2n) is 11.9. The fourth-order valence-electron chi connectivity index (χ4n) is 5.54. The number of pyridine rings is 2. The lowest BCUT2D eigenvalue weighted by Crippen LogP contribution is -2.45. The SMILES string of the molecule is COc1cc(C(=O)NCC2(c3cc(C(C)(C)O)c(F)c(-c4ccc(F)cc4)n3)CCCCO2)cn2cc(C3(F)CC3)nc12. The molecule has 0 bridgehead atoms. The number of carbonyl (C=O) groups excluding carboxylic acids is 1. The zero-order chi connectivity index (χ0) is 30.6. The Morgan fingerprint density at radius 1 is 1.09 bits per heavy atom. The van der Waals surface area contributed by atoms with E-state index in [2.05, 4.69) is 15.3 Å². The summed E-state index contributed by atoms with van der Waals surface area (Å²) in [5.74, 6) is -1.31. The molecule has 2 fully saturated rings. The van der Waals surface area contributed by atoms with Crippen LogP contribution in [0.3, 0.4) is 0 Å². The zero-order valence-electron chi connectivity index (χ0n) is 24.2. The summed E-state index contributed by atoms with van der Waals surface area (Å²) in [6.45, 7) is 3.33. The van der Waals surface area contributed by atoms with Crippen molar-refractivity contribution in [2.45, 2.75) is 62.8 Å². The average Bonchev–Trinajstić information content (AvgIpc) is 3.58. The first-order valence-electron chi connectivity index (χ1n) is 14.3. The second-order valence-corrected chi connectivity index (χ2v) is 11.9. The van der Waals surface area contributed by atoms with Gasteiger partial charge in [0.1, 0.15) is 17.1 Å². The number of aliphatic hydroxyl groups is 1. The molecule has 6 rings (SSSR count). The van der Waals surface area contributed by atoms with E-state index in [0.29, 0.717) is 54.2 Å². The summed E-state index contributed by atoms with van der Waals surface area (Å²) in [4.78, 5) is 22.5. The van der Waals surface area contributed by atoms with E-state index >= 15 is 4.39 Å². The zero-order valence-corrected chi connectivity index (χ0v) is 24.2. The molecule has 1 unspecified atom stereocenters. The predicted octanol–water partition coefficient (Wildman–Crippen LogP) is 5.69. The fourth-order valence-corrected chi connectivity index (χ4v) is 5.54. The molecule has 1 aliphatic carbocycles. The van der Waals surface area contributed by atoms with E-state index in [1.807, 2.05) is 0 Å². The van der Waals surface area contributed by atoms with Crippen LogP contribution in [0.5, 0.6) is 5.75 Å². The van der Waals surface area contributed by atoms with Gasteiger partial charge in [-0.25, -0.2) is 23.1 Å². The molecule has 8 nitrogen and oxygen atoms in total. The number of hydrogen-bond donors (Lipinski definition) is 2. The Balaban J connectivity index is 1.36. The highest BCUT2D eigenvalue weighted by Crippen LogP contribution is 2.49. The molecular formula is C32H33F3N4O4. The Labute approximate surface area is 246 Å². The molecule has 3 aromatic heterocycles. The number of rotatable bonds is 8. The number of halogens is 3. The minimum Gasteiger partial charge on any atom is -0.493 e. The summed E-state index contributed by atoms with van der Waals surface area (Å²) in [6.07, 6.45) is 6.00. The van der Waals surface area contributed by atoms with Crippen molar-refractivity contribution in [3.05, 3.63) is 82.9 Å². The molecule has 43 heavy (non-hydrogen) atoms. The quantitative estimate of drug-likeness (QED) is 0.272. The standard InChI is InChI=1S/C32H33F3N4O4/c1-30(2,41)22-15-24(37-27(26(22)34)19-6-8-21(33)9-7-19)32(10-4-5-13-43-32)18-36-29(40)20-14-23(42-3)28-38-25(17-39(28)16-20)31(35)11-12-31/h6-9,14-17,41H,4-5,10-13,18H2,1-3H3,(H,36,40). The second kappa shape index (κ2) is 10.6. The molecule has 1 saturated carbocycles. The lowest BCUT2D eigenvalue weighted by molar-refractivity contribution is -0.0838. The largest absolute Gasteiger partial charge is 0.493 e. The van der Waals surface area contributed by atoms with Crippen LogP contribution in [0, 0.1) is 11.6 Å². The number of aromatic nitrogens is 3. The number of benzene rings is 1. The highest BCUT2D eigenvalue weighted by atomic mass is 19.1. The van der Waals surface area contributed by atoms with Crippen molar-refractivity contribution in [2.24, 2.45) is 0 Å². The normalized spacial score (nSPS) is 19.8. The van der Waals surface area contributed by atoms with E-state index in [9.17, 15) is 18.7 Å². The van der Waals surface area contributed by atoms with E-state index in [0.717, 1.165) is 12.8 Å². The van der Waals surface area contributed by atoms with Gasteiger partial charge in [0.2, 0.25) is 0 Å². The van der Waals surface area contributed by atoms with Crippen molar-refractivity contribution in [3.8, 4) is 17.0 Å². The Bertz CT molecular complexity index is 1690. The first-order valence-corrected chi connectivity index (χ1v) is 14.3. The molecule has 0 spiro atoms. The molecule has 11 heteroatoms. The molecule has 1 aromatic carbocycles. The van der Waals surface area contributed by atoms with Crippen LogP contribution in [0.1, 0.15) is 73.3 Å². The van der Waals surface area contributed by atoms with Gasteiger partial charge in [-0.2, -0.15) is 0 Å². The lowest BCUT2D eigenvalue weighted by Gasteiger charge is -2.38. The van der Waals surface area contributed by atoms with E-state index in [1.165, 1.54) is 51.3 Å². The summed E-state index contributed by atoms with van der Waals surface area (Å²) in [7, 11) is 1.46. The van der Waals surface area contributed by atoms with Gasteiger partial charge < -0.3 is 24.3 Å². The minimum absolute atomic E-state index is 0.00173. The van der Waals surface area contributed by atoms with Crippen LogP contribution in [0.2, 0.25) is 0 Å². The maximum absolute atomic E-state index is 15.8. The number of carbonyl (C=O) groups is 1. The number of nitrogens with one attached hydrogen (secondary N) is 1. The first kappa shape index (κ1) is 29.1. The number of amides is 1. The Kier molecular flexibility index (Phi) is 7.21. The minimum atomic E-state index is -1.57. The van der Waals surface area contributed by atoms with Crippen LogP contribution in [-0.2, 0) is 21.6 Å². The number of alkyl halides is 1. The van der Waals surface area contributed by atoms with Crippen LogP contribution in [0.25, 0.3) is 16.9 Å².